The van der Waals surface area contributed by atoms with Crippen molar-refractivity contribution in [2.75, 3.05) is 19.7 Å². The van der Waals surface area contributed by atoms with Crippen molar-refractivity contribution in [3.8, 4) is 0 Å². The van der Waals surface area contributed by atoms with E-state index in [-0.39, 0.29) is 5.91 Å². The van der Waals surface area contributed by atoms with E-state index < -0.39 is 0 Å². The van der Waals surface area contributed by atoms with Crippen LogP contribution in [0.1, 0.15) is 35.9 Å². The van der Waals surface area contributed by atoms with Crippen molar-refractivity contribution in [1.82, 2.24) is 10.4 Å². The maximum atomic E-state index is 11.6. The lowest BCUT2D eigenvalue weighted by molar-refractivity contribution is 0.0246. The van der Waals surface area contributed by atoms with Crippen LogP contribution in [0.2, 0.25) is 0 Å². The first-order chi connectivity index (χ1) is 8.81. The van der Waals surface area contributed by atoms with Crippen LogP contribution in [0.5, 0.6) is 0 Å². The molecule has 1 aliphatic rings. The smallest absolute Gasteiger partial charge is 0.284 e. The maximum Gasteiger partial charge on any atom is 0.284 e. The highest BCUT2D eigenvalue weighted by Crippen LogP contribution is 2.19. The number of hydrogen-bond donors (Lipinski definition) is 1. The number of hydrogen-bond acceptors (Lipinski definition) is 4. The third-order valence-electron chi connectivity index (χ3n) is 3.37. The number of amides is 1. The van der Waals surface area contributed by atoms with Gasteiger partial charge in [0.15, 0.2) is 0 Å². The lowest BCUT2D eigenvalue weighted by atomic mass is 10.1. The summed E-state index contributed by atoms with van der Waals surface area (Å²) in [6, 6.07) is 4.27. The largest absolute Gasteiger partial charge is 0.301 e. The van der Waals surface area contributed by atoms with Gasteiger partial charge in [0.1, 0.15) is 0 Å². The molecule has 0 radical (unpaired) electrons. The topological polar surface area (TPSA) is 41.6 Å². The van der Waals surface area contributed by atoms with E-state index in [1.807, 2.05) is 11.4 Å². The average molecular weight is 268 g/mol. The minimum atomic E-state index is -0.149. The van der Waals surface area contributed by atoms with Gasteiger partial charge in [-0.05, 0) is 43.8 Å². The Morgan fingerprint density at radius 3 is 3.28 bits per heavy atom. The van der Waals surface area contributed by atoms with Gasteiger partial charge in [0.2, 0.25) is 0 Å². The fraction of sp³-hybridized carbons (Fsp3) is 0.615. The lowest BCUT2D eigenvalue weighted by Crippen LogP contribution is -2.31. The van der Waals surface area contributed by atoms with Crippen LogP contribution >= 0.6 is 11.3 Å². The van der Waals surface area contributed by atoms with Gasteiger partial charge in [-0.3, -0.25) is 9.63 Å². The Morgan fingerprint density at radius 2 is 2.56 bits per heavy atom. The molecule has 1 amide bonds. The first-order valence-corrected chi connectivity index (χ1v) is 7.39. The standard InChI is InChI=1S/C13H20N2O2S/c1-2-15-8-3-5-11(15)7-9-17-14-13(16)12-6-4-10-18-12/h4,6,10-11H,2-3,5,7-9H2,1H3,(H,14,16). The third kappa shape index (κ3) is 3.54. The predicted molar refractivity (Wildman–Crippen MR) is 72.6 cm³/mol. The molecule has 1 unspecified atom stereocenters. The van der Waals surface area contributed by atoms with Crippen molar-refractivity contribution in [3.63, 3.8) is 0 Å². The van der Waals surface area contributed by atoms with Gasteiger partial charge in [0, 0.05) is 6.04 Å². The number of hydroxylamine groups is 1. The Labute approximate surface area is 112 Å². The van der Waals surface area contributed by atoms with Gasteiger partial charge >= 0.3 is 0 Å². The molecule has 0 bridgehead atoms. The number of nitrogens with zero attached hydrogens (tertiary/aromatic N) is 1. The van der Waals surface area contributed by atoms with Gasteiger partial charge in [-0.1, -0.05) is 13.0 Å². The second-order valence-corrected chi connectivity index (χ2v) is 5.42. The molecule has 4 nitrogen and oxygen atoms in total. The van der Waals surface area contributed by atoms with Crippen LogP contribution in [0.3, 0.4) is 0 Å². The van der Waals surface area contributed by atoms with E-state index in [1.54, 1.807) is 6.07 Å². The number of thiophene rings is 1. The second kappa shape index (κ2) is 6.87. The Balaban J connectivity index is 1.63. The third-order valence-corrected chi connectivity index (χ3v) is 4.24. The maximum absolute atomic E-state index is 11.6. The number of rotatable bonds is 6. The molecular weight excluding hydrogens is 248 g/mol. The van der Waals surface area contributed by atoms with Gasteiger partial charge in [-0.2, -0.15) is 0 Å². The quantitative estimate of drug-likeness (QED) is 0.636. The van der Waals surface area contributed by atoms with E-state index in [0.29, 0.717) is 17.5 Å². The Hall–Kier alpha value is -0.910. The van der Waals surface area contributed by atoms with E-state index in [2.05, 4.69) is 17.3 Å². The SMILES string of the molecule is CCN1CCCC1CCONC(=O)c1cccs1. The second-order valence-electron chi connectivity index (χ2n) is 4.47. The van der Waals surface area contributed by atoms with Crippen molar-refractivity contribution in [2.24, 2.45) is 0 Å². The lowest BCUT2D eigenvalue weighted by Gasteiger charge is -2.22. The fourth-order valence-electron chi connectivity index (χ4n) is 2.41. The Kier molecular flexibility index (Phi) is 5.16. The van der Waals surface area contributed by atoms with Gasteiger partial charge < -0.3 is 4.90 Å². The summed E-state index contributed by atoms with van der Waals surface area (Å²) in [7, 11) is 0. The molecular formula is C13H20N2O2S. The minimum absolute atomic E-state index is 0.149. The van der Waals surface area contributed by atoms with E-state index in [0.717, 1.165) is 13.0 Å². The van der Waals surface area contributed by atoms with Crippen molar-refractivity contribution >= 4 is 17.2 Å². The number of carbonyl (C=O) groups excluding carboxylic acids is 1. The summed E-state index contributed by atoms with van der Waals surface area (Å²) in [6.45, 7) is 5.07. The molecule has 1 fully saturated rings. The molecule has 0 aromatic carbocycles. The molecule has 0 saturated carbocycles. The summed E-state index contributed by atoms with van der Waals surface area (Å²) < 4.78 is 0. The molecule has 18 heavy (non-hydrogen) atoms. The van der Waals surface area contributed by atoms with Crippen molar-refractivity contribution in [1.29, 1.82) is 0 Å². The molecule has 2 rings (SSSR count). The summed E-state index contributed by atoms with van der Waals surface area (Å²) in [5.74, 6) is -0.149. The fourth-order valence-corrected chi connectivity index (χ4v) is 3.02. The Bertz CT molecular complexity index is 367. The molecule has 1 aromatic rings. The molecule has 100 valence electrons. The molecule has 0 spiro atoms. The van der Waals surface area contributed by atoms with Crippen LogP contribution in [0.4, 0.5) is 0 Å². The van der Waals surface area contributed by atoms with Crippen molar-refractivity contribution < 1.29 is 9.63 Å². The molecule has 1 aromatic heterocycles. The molecule has 1 N–H and O–H groups in total. The molecule has 5 heteroatoms. The Morgan fingerprint density at radius 1 is 1.67 bits per heavy atom. The van der Waals surface area contributed by atoms with Crippen LogP contribution in [-0.4, -0.2) is 36.5 Å². The minimum Gasteiger partial charge on any atom is -0.301 e. The van der Waals surface area contributed by atoms with E-state index >= 15 is 0 Å². The average Bonchev–Trinajstić information content (AvgIpc) is 3.04. The summed E-state index contributed by atoms with van der Waals surface area (Å²) in [5.41, 5.74) is 2.49. The highest BCUT2D eigenvalue weighted by atomic mass is 32.1. The molecule has 1 atom stereocenters. The molecule has 0 aliphatic carbocycles. The first kappa shape index (κ1) is 13.5. The van der Waals surface area contributed by atoms with Gasteiger partial charge in [-0.25, -0.2) is 5.48 Å². The van der Waals surface area contributed by atoms with Crippen LogP contribution < -0.4 is 5.48 Å². The molecule has 2 heterocycles. The van der Waals surface area contributed by atoms with Crippen LogP contribution in [0, 0.1) is 0 Å². The highest BCUT2D eigenvalue weighted by Gasteiger charge is 2.22. The zero-order chi connectivity index (χ0) is 12.8. The molecule has 1 aliphatic heterocycles. The summed E-state index contributed by atoms with van der Waals surface area (Å²) in [5, 5.41) is 1.88. The van der Waals surface area contributed by atoms with Gasteiger partial charge in [0.05, 0.1) is 11.5 Å². The normalized spacial score (nSPS) is 20.2. The van der Waals surface area contributed by atoms with E-state index in [9.17, 15) is 4.79 Å². The molecule has 1 saturated heterocycles. The summed E-state index contributed by atoms with van der Waals surface area (Å²) in [6.07, 6.45) is 3.51. The number of nitrogens with one attached hydrogen (secondary N) is 1. The monoisotopic (exact) mass is 268 g/mol. The zero-order valence-electron chi connectivity index (χ0n) is 10.7. The van der Waals surface area contributed by atoms with Gasteiger partial charge in [0.25, 0.3) is 5.91 Å². The summed E-state index contributed by atoms with van der Waals surface area (Å²) >= 11 is 1.42. The van der Waals surface area contributed by atoms with Crippen molar-refractivity contribution in [2.45, 2.75) is 32.2 Å². The first-order valence-electron chi connectivity index (χ1n) is 6.51. The van der Waals surface area contributed by atoms with Crippen LogP contribution in [0.15, 0.2) is 17.5 Å². The van der Waals surface area contributed by atoms with E-state index in [1.165, 1.54) is 30.7 Å². The number of likely N-dealkylation sites (tertiary alicyclic amines) is 1. The van der Waals surface area contributed by atoms with Crippen LogP contribution in [0.25, 0.3) is 0 Å². The van der Waals surface area contributed by atoms with Gasteiger partial charge in [-0.15, -0.1) is 11.3 Å². The van der Waals surface area contributed by atoms with Crippen molar-refractivity contribution in [3.05, 3.63) is 22.4 Å². The number of carbonyl (C=O) groups is 1. The van der Waals surface area contributed by atoms with Crippen LogP contribution in [-0.2, 0) is 4.84 Å². The zero-order valence-corrected chi connectivity index (χ0v) is 11.5. The highest BCUT2D eigenvalue weighted by molar-refractivity contribution is 7.12. The predicted octanol–water partition coefficient (Wildman–Crippen LogP) is 2.28. The van der Waals surface area contributed by atoms with E-state index in [4.69, 9.17) is 4.84 Å². The summed E-state index contributed by atoms with van der Waals surface area (Å²) in [4.78, 5) is 20.0.